The number of benzene rings is 2. The van der Waals surface area contributed by atoms with E-state index in [9.17, 15) is 4.79 Å². The molecule has 0 atom stereocenters. The van der Waals surface area contributed by atoms with Gasteiger partial charge >= 0.3 is 0 Å². The third-order valence-electron chi connectivity index (χ3n) is 5.34. The summed E-state index contributed by atoms with van der Waals surface area (Å²) in [5.74, 6) is -0.00368. The zero-order valence-corrected chi connectivity index (χ0v) is 16.0. The van der Waals surface area contributed by atoms with E-state index < -0.39 is 0 Å². The van der Waals surface area contributed by atoms with Crippen molar-refractivity contribution < 1.29 is 4.79 Å². The first-order chi connectivity index (χ1) is 13.7. The maximum Gasteiger partial charge on any atom is 0.275 e. The molecule has 0 N–H and O–H groups in total. The molecule has 1 amide bonds. The van der Waals surface area contributed by atoms with Gasteiger partial charge in [-0.15, -0.1) is 0 Å². The van der Waals surface area contributed by atoms with Crippen molar-refractivity contribution in [3.63, 3.8) is 0 Å². The molecule has 4 rings (SSSR count). The molecule has 0 saturated carbocycles. The fourth-order valence-electron chi connectivity index (χ4n) is 3.75. The molecule has 0 bridgehead atoms. The van der Waals surface area contributed by atoms with Crippen LogP contribution in [0.15, 0.2) is 53.6 Å². The fourth-order valence-corrected chi connectivity index (χ4v) is 3.75. The maximum absolute atomic E-state index is 13.2. The summed E-state index contributed by atoms with van der Waals surface area (Å²) in [6, 6.07) is 17.8. The van der Waals surface area contributed by atoms with Gasteiger partial charge in [-0.05, 0) is 30.7 Å². The number of fused-ring (bicyclic) bond motifs is 1. The number of nitriles is 1. The fraction of sp³-hybridized carbons (Fsp3) is 0.318. The highest BCUT2D eigenvalue weighted by atomic mass is 16.2. The molecule has 28 heavy (non-hydrogen) atoms. The second-order valence-electron chi connectivity index (χ2n) is 7.03. The minimum Gasteiger partial charge on any atom is -0.368 e. The summed E-state index contributed by atoms with van der Waals surface area (Å²) in [4.78, 5) is 17.3. The standard InChI is InChI=1S/C22H23N5O/c1-2-27-16-18-7-3-4-9-20(18)21(24-27)22(28)26-12-10-25(11-13-26)19-8-5-6-17(14-19)15-23/h3-9,14H,2,10-13,16H2,1H3. The van der Waals surface area contributed by atoms with E-state index in [4.69, 9.17) is 5.26 Å². The van der Waals surface area contributed by atoms with Crippen molar-refractivity contribution in [2.75, 3.05) is 37.6 Å². The summed E-state index contributed by atoms with van der Waals surface area (Å²) in [6.07, 6.45) is 0. The largest absolute Gasteiger partial charge is 0.368 e. The second-order valence-corrected chi connectivity index (χ2v) is 7.03. The minimum absolute atomic E-state index is 0.00368. The first-order valence-corrected chi connectivity index (χ1v) is 9.66. The maximum atomic E-state index is 13.2. The van der Waals surface area contributed by atoms with Crippen LogP contribution in [0, 0.1) is 11.3 Å². The van der Waals surface area contributed by atoms with Crippen LogP contribution in [0.3, 0.4) is 0 Å². The van der Waals surface area contributed by atoms with Crippen LogP contribution in [0.1, 0.15) is 23.6 Å². The van der Waals surface area contributed by atoms with Crippen LogP contribution in [-0.2, 0) is 11.3 Å². The minimum atomic E-state index is -0.00368. The number of rotatable bonds is 3. The number of nitrogens with zero attached hydrogens (tertiary/aromatic N) is 5. The summed E-state index contributed by atoms with van der Waals surface area (Å²) >= 11 is 0. The Balaban J connectivity index is 1.49. The molecule has 2 heterocycles. The molecule has 1 fully saturated rings. The number of hydrogen-bond donors (Lipinski definition) is 0. The van der Waals surface area contributed by atoms with Crippen LogP contribution < -0.4 is 4.90 Å². The molecule has 6 nitrogen and oxygen atoms in total. The van der Waals surface area contributed by atoms with Gasteiger partial charge < -0.3 is 9.80 Å². The van der Waals surface area contributed by atoms with Crippen molar-refractivity contribution in [2.45, 2.75) is 13.5 Å². The van der Waals surface area contributed by atoms with Gasteiger partial charge in [-0.1, -0.05) is 30.3 Å². The number of hydrogen-bond acceptors (Lipinski definition) is 5. The number of hydrazone groups is 1. The molecule has 0 aromatic heterocycles. The van der Waals surface area contributed by atoms with Crippen LogP contribution in [0.2, 0.25) is 0 Å². The first-order valence-electron chi connectivity index (χ1n) is 9.66. The highest BCUT2D eigenvalue weighted by Gasteiger charge is 2.29. The third kappa shape index (κ3) is 3.44. The average molecular weight is 373 g/mol. The molecule has 6 heteroatoms. The van der Waals surface area contributed by atoms with Crippen molar-refractivity contribution >= 4 is 17.3 Å². The van der Waals surface area contributed by atoms with Crippen molar-refractivity contribution in [1.29, 1.82) is 5.26 Å². The van der Waals surface area contributed by atoms with Crippen molar-refractivity contribution in [2.24, 2.45) is 5.10 Å². The van der Waals surface area contributed by atoms with Crippen LogP contribution in [0.5, 0.6) is 0 Å². The highest BCUT2D eigenvalue weighted by Crippen LogP contribution is 2.22. The first kappa shape index (κ1) is 18.1. The lowest BCUT2D eigenvalue weighted by molar-refractivity contribution is -0.124. The molecule has 2 aliphatic rings. The smallest absolute Gasteiger partial charge is 0.275 e. The Morgan fingerprint density at radius 3 is 2.64 bits per heavy atom. The van der Waals surface area contributed by atoms with E-state index in [2.05, 4.69) is 22.1 Å². The lowest BCUT2D eigenvalue weighted by Gasteiger charge is -2.37. The molecular formula is C22H23N5O. The summed E-state index contributed by atoms with van der Waals surface area (Å²) in [6.45, 7) is 6.33. The highest BCUT2D eigenvalue weighted by molar-refractivity contribution is 6.45. The molecule has 0 unspecified atom stereocenters. The van der Waals surface area contributed by atoms with E-state index in [1.807, 2.05) is 53.2 Å². The zero-order valence-electron chi connectivity index (χ0n) is 16.0. The Morgan fingerprint density at radius 2 is 1.89 bits per heavy atom. The van der Waals surface area contributed by atoms with Crippen molar-refractivity contribution in [3.8, 4) is 6.07 Å². The Hall–Kier alpha value is -3.33. The van der Waals surface area contributed by atoms with Crippen LogP contribution >= 0.6 is 0 Å². The quantitative estimate of drug-likeness (QED) is 0.829. The van der Waals surface area contributed by atoms with Gasteiger partial charge in [-0.3, -0.25) is 9.80 Å². The summed E-state index contributed by atoms with van der Waals surface area (Å²) in [7, 11) is 0. The number of piperazine rings is 1. The summed E-state index contributed by atoms with van der Waals surface area (Å²) < 4.78 is 0. The van der Waals surface area contributed by atoms with Crippen LogP contribution in [-0.4, -0.2) is 54.3 Å². The van der Waals surface area contributed by atoms with Crippen LogP contribution in [0.4, 0.5) is 5.69 Å². The van der Waals surface area contributed by atoms with Gasteiger partial charge in [0.15, 0.2) is 5.71 Å². The van der Waals surface area contributed by atoms with Gasteiger partial charge in [-0.2, -0.15) is 10.4 Å². The average Bonchev–Trinajstić information content (AvgIpc) is 2.78. The molecule has 2 aromatic rings. The van der Waals surface area contributed by atoms with Gasteiger partial charge in [0, 0.05) is 44.0 Å². The predicted molar refractivity (Wildman–Crippen MR) is 109 cm³/mol. The summed E-state index contributed by atoms with van der Waals surface area (Å²) in [5.41, 5.74) is 4.33. The Kier molecular flexibility index (Phi) is 4.98. The second kappa shape index (κ2) is 7.73. The zero-order chi connectivity index (χ0) is 19.5. The number of amides is 1. The summed E-state index contributed by atoms with van der Waals surface area (Å²) in [5, 5.41) is 15.7. The van der Waals surface area contributed by atoms with Gasteiger partial charge in [-0.25, -0.2) is 0 Å². The van der Waals surface area contributed by atoms with Gasteiger partial charge in [0.05, 0.1) is 18.2 Å². The van der Waals surface area contributed by atoms with E-state index in [0.29, 0.717) is 24.4 Å². The van der Waals surface area contributed by atoms with Crippen molar-refractivity contribution in [3.05, 3.63) is 65.2 Å². The normalized spacial score (nSPS) is 16.3. The SMILES string of the molecule is CCN1Cc2ccccc2C(C(=O)N2CCN(c3cccc(C#N)c3)CC2)=N1. The van der Waals surface area contributed by atoms with E-state index in [0.717, 1.165) is 43.0 Å². The molecule has 0 radical (unpaired) electrons. The number of carbonyl (C=O) groups is 1. The topological polar surface area (TPSA) is 62.9 Å². The van der Waals surface area contributed by atoms with Gasteiger partial charge in [0.1, 0.15) is 0 Å². The van der Waals surface area contributed by atoms with Gasteiger partial charge in [0.25, 0.3) is 5.91 Å². The Labute approximate surface area is 165 Å². The monoisotopic (exact) mass is 373 g/mol. The third-order valence-corrected chi connectivity index (χ3v) is 5.34. The van der Waals surface area contributed by atoms with Crippen molar-refractivity contribution in [1.82, 2.24) is 9.91 Å². The van der Waals surface area contributed by atoms with Gasteiger partial charge in [0.2, 0.25) is 0 Å². The molecule has 2 aromatic carbocycles. The van der Waals surface area contributed by atoms with E-state index >= 15 is 0 Å². The Morgan fingerprint density at radius 1 is 1.11 bits per heavy atom. The van der Waals surface area contributed by atoms with E-state index in [1.165, 1.54) is 0 Å². The number of carbonyl (C=O) groups excluding carboxylic acids is 1. The predicted octanol–water partition coefficient (Wildman–Crippen LogP) is 2.45. The van der Waals surface area contributed by atoms with E-state index in [1.54, 1.807) is 6.07 Å². The Bertz CT molecular complexity index is 953. The van der Waals surface area contributed by atoms with E-state index in [-0.39, 0.29) is 5.91 Å². The molecule has 142 valence electrons. The van der Waals surface area contributed by atoms with Crippen LogP contribution in [0.25, 0.3) is 0 Å². The molecule has 0 spiro atoms. The number of anilines is 1. The molecule has 0 aliphatic carbocycles. The molecule has 1 saturated heterocycles. The molecule has 2 aliphatic heterocycles. The molecular weight excluding hydrogens is 350 g/mol. The lowest BCUT2D eigenvalue weighted by Crippen LogP contribution is -2.51. The lowest BCUT2D eigenvalue weighted by atomic mass is 10.00.